The van der Waals surface area contributed by atoms with Crippen molar-refractivity contribution in [1.29, 1.82) is 0 Å². The molecule has 0 heterocycles. The molecule has 0 aromatic heterocycles. The fraction of sp³-hybridized carbons (Fsp3) is 0.375. The zero-order chi connectivity index (χ0) is 30.2. The number of nitrogens with one attached hydrogen (secondary N) is 1. The van der Waals surface area contributed by atoms with Gasteiger partial charge in [0.2, 0.25) is 11.8 Å². The van der Waals surface area contributed by atoms with Crippen LogP contribution in [0, 0.1) is 13.8 Å². The highest BCUT2D eigenvalue weighted by atomic mass is 32.2. The highest BCUT2D eigenvalue weighted by molar-refractivity contribution is 7.92. The molecule has 2 atom stereocenters. The van der Waals surface area contributed by atoms with E-state index in [0.717, 1.165) is 27.4 Å². The molecule has 3 rings (SSSR count). The van der Waals surface area contributed by atoms with Gasteiger partial charge in [0, 0.05) is 12.6 Å². The summed E-state index contributed by atoms with van der Waals surface area (Å²) in [4.78, 5) is 29.2. The van der Waals surface area contributed by atoms with Gasteiger partial charge in [0.15, 0.2) is 0 Å². The molecule has 220 valence electrons. The molecule has 0 saturated carbocycles. The minimum absolute atomic E-state index is 0.0446. The predicted molar refractivity (Wildman–Crippen MR) is 162 cm³/mol. The molecule has 0 radical (unpaired) electrons. The van der Waals surface area contributed by atoms with Crippen LogP contribution < -0.4 is 14.4 Å². The van der Waals surface area contributed by atoms with Crippen LogP contribution in [0.2, 0.25) is 0 Å². The third kappa shape index (κ3) is 7.88. The molecule has 1 N–H and O–H groups in total. The number of amides is 2. The molecular weight excluding hydrogens is 538 g/mol. The van der Waals surface area contributed by atoms with E-state index in [1.54, 1.807) is 30.3 Å². The normalized spacial score (nSPS) is 12.7. The number of sulfonamides is 1. The van der Waals surface area contributed by atoms with Crippen molar-refractivity contribution in [3.8, 4) is 5.75 Å². The van der Waals surface area contributed by atoms with Crippen LogP contribution in [0.4, 0.5) is 5.69 Å². The van der Waals surface area contributed by atoms with Crippen LogP contribution in [0.1, 0.15) is 50.3 Å². The first kappa shape index (κ1) is 31.7. The van der Waals surface area contributed by atoms with E-state index in [4.69, 9.17) is 4.74 Å². The van der Waals surface area contributed by atoms with Crippen LogP contribution in [-0.4, -0.2) is 50.9 Å². The van der Waals surface area contributed by atoms with Crippen LogP contribution in [0.3, 0.4) is 0 Å². The lowest BCUT2D eigenvalue weighted by Gasteiger charge is -2.34. The molecule has 0 fully saturated rings. The first-order valence-electron chi connectivity index (χ1n) is 13.9. The summed E-state index contributed by atoms with van der Waals surface area (Å²) in [5.74, 6) is -0.455. The van der Waals surface area contributed by atoms with Crippen molar-refractivity contribution in [2.75, 3.05) is 18.0 Å². The standard InChI is InChI=1S/C32H41N3O5S/c1-7-25(5)33-32(37)28(8-2)34(21-26-14-12-13-23(3)19-26)31(36)22-35(29-20-24(4)17-18-30(29)40-6)41(38,39)27-15-10-9-11-16-27/h9-20,25,28H,7-8,21-22H2,1-6H3,(H,33,37)/t25-,28-/m0/s1. The number of benzene rings is 3. The van der Waals surface area contributed by atoms with Crippen molar-refractivity contribution >= 4 is 27.5 Å². The molecule has 0 aliphatic rings. The Labute approximate surface area is 244 Å². The largest absolute Gasteiger partial charge is 0.495 e. The number of hydrogen-bond acceptors (Lipinski definition) is 5. The van der Waals surface area contributed by atoms with Gasteiger partial charge >= 0.3 is 0 Å². The minimum Gasteiger partial charge on any atom is -0.495 e. The zero-order valence-electron chi connectivity index (χ0n) is 24.8. The third-order valence-electron chi connectivity index (χ3n) is 7.04. The molecule has 3 aromatic carbocycles. The molecule has 9 heteroatoms. The lowest BCUT2D eigenvalue weighted by Crippen LogP contribution is -2.53. The van der Waals surface area contributed by atoms with Gasteiger partial charge in [0.1, 0.15) is 18.3 Å². The summed E-state index contributed by atoms with van der Waals surface area (Å²) in [6.45, 7) is 9.17. The third-order valence-corrected chi connectivity index (χ3v) is 8.81. The van der Waals surface area contributed by atoms with Crippen molar-refractivity contribution in [3.63, 3.8) is 0 Å². The number of rotatable bonds is 13. The lowest BCUT2D eigenvalue weighted by molar-refractivity contribution is -0.140. The average molecular weight is 580 g/mol. The van der Waals surface area contributed by atoms with Crippen molar-refractivity contribution in [2.45, 2.75) is 71.0 Å². The lowest BCUT2D eigenvalue weighted by atomic mass is 10.1. The van der Waals surface area contributed by atoms with Gasteiger partial charge in [-0.25, -0.2) is 8.42 Å². The SMILES string of the molecule is CC[C@H](C)NC(=O)[C@H](CC)N(Cc1cccc(C)c1)C(=O)CN(c1cc(C)ccc1OC)S(=O)(=O)c1ccccc1. The molecule has 2 amide bonds. The smallest absolute Gasteiger partial charge is 0.264 e. The van der Waals surface area contributed by atoms with Gasteiger partial charge in [-0.05, 0) is 69.0 Å². The topological polar surface area (TPSA) is 96.0 Å². The van der Waals surface area contributed by atoms with E-state index in [0.29, 0.717) is 12.2 Å². The van der Waals surface area contributed by atoms with Crippen molar-refractivity contribution in [1.82, 2.24) is 10.2 Å². The molecule has 0 unspecified atom stereocenters. The van der Waals surface area contributed by atoms with E-state index in [1.807, 2.05) is 65.0 Å². The maximum absolute atomic E-state index is 14.2. The van der Waals surface area contributed by atoms with Crippen LogP contribution >= 0.6 is 0 Å². The molecule has 8 nitrogen and oxygen atoms in total. The van der Waals surface area contributed by atoms with E-state index in [-0.39, 0.29) is 29.1 Å². The highest BCUT2D eigenvalue weighted by Gasteiger charge is 2.35. The van der Waals surface area contributed by atoms with E-state index in [2.05, 4.69) is 5.32 Å². The first-order valence-corrected chi connectivity index (χ1v) is 15.3. The van der Waals surface area contributed by atoms with E-state index in [9.17, 15) is 18.0 Å². The van der Waals surface area contributed by atoms with Gasteiger partial charge in [0.05, 0.1) is 17.7 Å². The summed E-state index contributed by atoms with van der Waals surface area (Å²) < 4.78 is 34.7. The maximum Gasteiger partial charge on any atom is 0.264 e. The van der Waals surface area contributed by atoms with Gasteiger partial charge < -0.3 is 15.0 Å². The van der Waals surface area contributed by atoms with Gasteiger partial charge in [-0.3, -0.25) is 13.9 Å². The van der Waals surface area contributed by atoms with Crippen LogP contribution in [0.15, 0.2) is 77.7 Å². The quantitative estimate of drug-likeness (QED) is 0.299. The molecule has 0 aliphatic carbocycles. The number of anilines is 1. The van der Waals surface area contributed by atoms with Gasteiger partial charge in [-0.2, -0.15) is 0 Å². The number of aryl methyl sites for hydroxylation is 2. The van der Waals surface area contributed by atoms with E-state index < -0.39 is 28.5 Å². The van der Waals surface area contributed by atoms with Crippen molar-refractivity contribution in [3.05, 3.63) is 89.5 Å². The Morgan fingerprint density at radius 2 is 1.59 bits per heavy atom. The fourth-order valence-corrected chi connectivity index (χ4v) is 6.03. The molecule has 41 heavy (non-hydrogen) atoms. The Morgan fingerprint density at radius 1 is 0.902 bits per heavy atom. The number of carbonyl (C=O) groups is 2. The van der Waals surface area contributed by atoms with Crippen LogP contribution in [0.5, 0.6) is 5.75 Å². The second-order valence-corrected chi connectivity index (χ2v) is 12.1. The number of ether oxygens (including phenoxy) is 1. The Hall–Kier alpha value is -3.85. The van der Waals surface area contributed by atoms with Gasteiger partial charge in [-0.15, -0.1) is 0 Å². The Kier molecular flexibility index (Phi) is 10.9. The van der Waals surface area contributed by atoms with Gasteiger partial charge in [-0.1, -0.05) is 67.9 Å². The van der Waals surface area contributed by atoms with Crippen LogP contribution in [-0.2, 0) is 26.2 Å². The van der Waals surface area contributed by atoms with E-state index in [1.165, 1.54) is 24.1 Å². The monoisotopic (exact) mass is 579 g/mol. The molecule has 0 spiro atoms. The molecular formula is C32H41N3O5S. The minimum atomic E-state index is -4.18. The molecule has 3 aromatic rings. The Morgan fingerprint density at radius 3 is 2.20 bits per heavy atom. The fourth-order valence-electron chi connectivity index (χ4n) is 4.60. The second kappa shape index (κ2) is 14.2. The number of nitrogens with zero attached hydrogens (tertiary/aromatic N) is 2. The summed E-state index contributed by atoms with van der Waals surface area (Å²) in [5, 5.41) is 3.00. The number of methoxy groups -OCH3 is 1. The summed E-state index contributed by atoms with van der Waals surface area (Å²) in [7, 11) is -2.72. The molecule has 0 saturated heterocycles. The maximum atomic E-state index is 14.2. The average Bonchev–Trinajstić information content (AvgIpc) is 2.96. The molecule has 0 bridgehead atoms. The Balaban J connectivity index is 2.12. The Bertz CT molecular complexity index is 1440. The van der Waals surface area contributed by atoms with Gasteiger partial charge in [0.25, 0.3) is 10.0 Å². The molecule has 0 aliphatic heterocycles. The summed E-state index contributed by atoms with van der Waals surface area (Å²) >= 11 is 0. The first-order chi connectivity index (χ1) is 19.5. The zero-order valence-corrected chi connectivity index (χ0v) is 25.6. The van der Waals surface area contributed by atoms with E-state index >= 15 is 0 Å². The number of hydrogen-bond donors (Lipinski definition) is 1. The summed E-state index contributed by atoms with van der Waals surface area (Å²) in [5.41, 5.74) is 2.92. The highest BCUT2D eigenvalue weighted by Crippen LogP contribution is 2.33. The predicted octanol–water partition coefficient (Wildman–Crippen LogP) is 5.23. The second-order valence-electron chi connectivity index (χ2n) is 10.3. The van der Waals surface area contributed by atoms with Crippen molar-refractivity contribution < 1.29 is 22.7 Å². The van der Waals surface area contributed by atoms with Crippen molar-refractivity contribution in [2.24, 2.45) is 0 Å². The van der Waals surface area contributed by atoms with Crippen LogP contribution in [0.25, 0.3) is 0 Å². The number of carbonyl (C=O) groups excluding carboxylic acids is 2. The summed E-state index contributed by atoms with van der Waals surface area (Å²) in [6, 6.07) is 20.0. The summed E-state index contributed by atoms with van der Waals surface area (Å²) in [6.07, 6.45) is 1.10.